The Morgan fingerprint density at radius 3 is 2.44 bits per heavy atom. The lowest BCUT2D eigenvalue weighted by Crippen LogP contribution is -2.28. The van der Waals surface area contributed by atoms with E-state index in [4.69, 9.17) is 0 Å². The number of carbonyl (C=O) groups excluding carboxylic acids is 1. The van der Waals surface area contributed by atoms with Gasteiger partial charge in [0.25, 0.3) is 5.91 Å². The van der Waals surface area contributed by atoms with Crippen molar-refractivity contribution in [2.75, 3.05) is 20.1 Å². The van der Waals surface area contributed by atoms with Crippen molar-refractivity contribution < 1.29 is 4.79 Å². The molecule has 1 saturated heterocycles. The van der Waals surface area contributed by atoms with Crippen LogP contribution in [0.4, 0.5) is 0 Å². The molecule has 0 bridgehead atoms. The second-order valence-electron chi connectivity index (χ2n) is 4.67. The van der Waals surface area contributed by atoms with Crippen molar-refractivity contribution in [3.05, 3.63) is 35.4 Å². The van der Waals surface area contributed by atoms with Crippen molar-refractivity contribution in [1.82, 2.24) is 10.6 Å². The summed E-state index contributed by atoms with van der Waals surface area (Å²) in [5.74, 6) is 0.778. The van der Waals surface area contributed by atoms with E-state index in [-0.39, 0.29) is 18.3 Å². The van der Waals surface area contributed by atoms with Crippen molar-refractivity contribution in [3.63, 3.8) is 0 Å². The van der Waals surface area contributed by atoms with E-state index in [1.54, 1.807) is 7.05 Å². The van der Waals surface area contributed by atoms with Crippen LogP contribution in [-0.4, -0.2) is 26.0 Å². The number of carbonyl (C=O) groups is 1. The third-order valence-electron chi connectivity index (χ3n) is 3.43. The van der Waals surface area contributed by atoms with Crippen molar-refractivity contribution in [3.8, 4) is 0 Å². The minimum atomic E-state index is -0.0154. The fraction of sp³-hybridized carbons (Fsp3) is 0.500. The van der Waals surface area contributed by atoms with Gasteiger partial charge in [0.15, 0.2) is 0 Å². The Labute approximate surface area is 115 Å². The Balaban J connectivity index is 0.00000162. The van der Waals surface area contributed by atoms with Gasteiger partial charge in [-0.1, -0.05) is 12.1 Å². The summed E-state index contributed by atoms with van der Waals surface area (Å²) in [5.41, 5.74) is 2.08. The van der Waals surface area contributed by atoms with E-state index in [1.807, 2.05) is 12.1 Å². The van der Waals surface area contributed by atoms with Gasteiger partial charge in [0.2, 0.25) is 0 Å². The van der Waals surface area contributed by atoms with E-state index < -0.39 is 0 Å². The maximum atomic E-state index is 11.4. The maximum Gasteiger partial charge on any atom is 0.251 e. The summed E-state index contributed by atoms with van der Waals surface area (Å²) in [5, 5.41) is 6.01. The fourth-order valence-electron chi connectivity index (χ4n) is 2.36. The van der Waals surface area contributed by atoms with Crippen LogP contribution < -0.4 is 10.6 Å². The van der Waals surface area contributed by atoms with Gasteiger partial charge in [-0.3, -0.25) is 4.79 Å². The summed E-state index contributed by atoms with van der Waals surface area (Å²) in [4.78, 5) is 11.4. The first kappa shape index (κ1) is 15.0. The molecule has 100 valence electrons. The highest BCUT2D eigenvalue weighted by atomic mass is 35.5. The van der Waals surface area contributed by atoms with Gasteiger partial charge in [0.1, 0.15) is 0 Å². The van der Waals surface area contributed by atoms with Crippen LogP contribution in [0.3, 0.4) is 0 Å². The molecule has 4 heteroatoms. The summed E-state index contributed by atoms with van der Waals surface area (Å²) in [6, 6.07) is 7.98. The number of amides is 1. The summed E-state index contributed by atoms with van der Waals surface area (Å²) in [6.45, 7) is 2.28. The monoisotopic (exact) mass is 268 g/mol. The molecule has 2 N–H and O–H groups in total. The molecule has 1 aliphatic heterocycles. The van der Waals surface area contributed by atoms with Gasteiger partial charge in [0.05, 0.1) is 0 Å². The second kappa shape index (κ2) is 7.39. The minimum Gasteiger partial charge on any atom is -0.355 e. The first-order chi connectivity index (χ1) is 8.29. The third-order valence-corrected chi connectivity index (χ3v) is 3.43. The molecule has 1 aromatic rings. The smallest absolute Gasteiger partial charge is 0.251 e. The quantitative estimate of drug-likeness (QED) is 0.881. The Kier molecular flexibility index (Phi) is 6.16. The first-order valence-electron chi connectivity index (χ1n) is 6.31. The topological polar surface area (TPSA) is 41.1 Å². The molecule has 0 saturated carbocycles. The Morgan fingerprint density at radius 1 is 1.28 bits per heavy atom. The van der Waals surface area contributed by atoms with E-state index in [0.717, 1.165) is 31.0 Å². The van der Waals surface area contributed by atoms with Gasteiger partial charge < -0.3 is 10.6 Å². The molecule has 0 unspecified atom stereocenters. The summed E-state index contributed by atoms with van der Waals surface area (Å²) in [6.07, 6.45) is 3.66. The zero-order valence-electron chi connectivity index (χ0n) is 10.7. The van der Waals surface area contributed by atoms with E-state index >= 15 is 0 Å². The zero-order chi connectivity index (χ0) is 12.1. The largest absolute Gasteiger partial charge is 0.355 e. The Hall–Kier alpha value is -1.06. The van der Waals surface area contributed by atoms with E-state index in [1.165, 1.54) is 18.4 Å². The van der Waals surface area contributed by atoms with Crippen LogP contribution in [0.2, 0.25) is 0 Å². The number of rotatable bonds is 3. The number of benzene rings is 1. The minimum absolute atomic E-state index is 0. The maximum absolute atomic E-state index is 11.4. The van der Waals surface area contributed by atoms with Gasteiger partial charge in [-0.15, -0.1) is 12.4 Å². The second-order valence-corrected chi connectivity index (χ2v) is 4.67. The summed E-state index contributed by atoms with van der Waals surface area (Å²) >= 11 is 0. The normalized spacial score (nSPS) is 15.8. The molecule has 0 aliphatic carbocycles. The van der Waals surface area contributed by atoms with Crippen molar-refractivity contribution in [2.45, 2.75) is 19.3 Å². The molecule has 0 atom stereocenters. The molecule has 2 rings (SSSR count). The van der Waals surface area contributed by atoms with Crippen LogP contribution in [0.5, 0.6) is 0 Å². The lowest BCUT2D eigenvalue weighted by Gasteiger charge is -2.22. The van der Waals surface area contributed by atoms with Gasteiger partial charge in [-0.25, -0.2) is 0 Å². The van der Waals surface area contributed by atoms with Gasteiger partial charge in [0, 0.05) is 12.6 Å². The average molecular weight is 269 g/mol. The number of hydrogen-bond acceptors (Lipinski definition) is 2. The molecular weight excluding hydrogens is 248 g/mol. The molecule has 1 heterocycles. The highest BCUT2D eigenvalue weighted by Crippen LogP contribution is 2.18. The molecule has 0 aromatic heterocycles. The summed E-state index contributed by atoms with van der Waals surface area (Å²) < 4.78 is 0. The van der Waals surface area contributed by atoms with E-state index in [2.05, 4.69) is 22.8 Å². The van der Waals surface area contributed by atoms with Crippen molar-refractivity contribution in [2.24, 2.45) is 5.92 Å². The number of nitrogens with one attached hydrogen (secondary N) is 2. The Morgan fingerprint density at radius 2 is 1.89 bits per heavy atom. The van der Waals surface area contributed by atoms with Crippen LogP contribution in [0.1, 0.15) is 28.8 Å². The van der Waals surface area contributed by atoms with E-state index in [0.29, 0.717) is 0 Å². The van der Waals surface area contributed by atoms with Gasteiger partial charge in [-0.2, -0.15) is 0 Å². The van der Waals surface area contributed by atoms with Gasteiger partial charge in [-0.05, 0) is 56.0 Å². The SMILES string of the molecule is CNC(=O)c1ccc(CC2CCNCC2)cc1.Cl. The molecule has 1 aliphatic rings. The number of halogens is 1. The molecule has 0 radical (unpaired) electrons. The van der Waals surface area contributed by atoms with Gasteiger partial charge >= 0.3 is 0 Å². The number of piperidine rings is 1. The zero-order valence-corrected chi connectivity index (χ0v) is 11.6. The standard InChI is InChI=1S/C14H20N2O.ClH/c1-15-14(17)13-4-2-11(3-5-13)10-12-6-8-16-9-7-12;/h2-5,12,16H,6-10H2,1H3,(H,15,17);1H. The lowest BCUT2D eigenvalue weighted by molar-refractivity contribution is 0.0963. The van der Waals surface area contributed by atoms with E-state index in [9.17, 15) is 4.79 Å². The molecule has 3 nitrogen and oxygen atoms in total. The molecule has 1 aromatic carbocycles. The van der Waals surface area contributed by atoms with Crippen molar-refractivity contribution in [1.29, 1.82) is 0 Å². The number of hydrogen-bond donors (Lipinski definition) is 2. The van der Waals surface area contributed by atoms with Crippen molar-refractivity contribution >= 4 is 18.3 Å². The lowest BCUT2D eigenvalue weighted by atomic mass is 9.91. The predicted octanol–water partition coefficient (Wildman–Crippen LogP) is 2.01. The molecule has 1 amide bonds. The first-order valence-corrected chi connectivity index (χ1v) is 6.31. The summed E-state index contributed by atoms with van der Waals surface area (Å²) in [7, 11) is 1.66. The van der Waals surface area contributed by atoms with Crippen LogP contribution in [-0.2, 0) is 6.42 Å². The molecule has 0 spiro atoms. The Bertz CT molecular complexity index is 372. The van der Waals surface area contributed by atoms with Crippen LogP contribution in [0, 0.1) is 5.92 Å². The highest BCUT2D eigenvalue weighted by Gasteiger charge is 2.13. The fourth-order valence-corrected chi connectivity index (χ4v) is 2.36. The van der Waals surface area contributed by atoms with Crippen LogP contribution >= 0.6 is 12.4 Å². The highest BCUT2D eigenvalue weighted by molar-refractivity contribution is 5.93. The third kappa shape index (κ3) is 4.00. The van der Waals surface area contributed by atoms with Crippen LogP contribution in [0.25, 0.3) is 0 Å². The molecule has 18 heavy (non-hydrogen) atoms. The average Bonchev–Trinajstić information content (AvgIpc) is 2.40. The van der Waals surface area contributed by atoms with Crippen LogP contribution in [0.15, 0.2) is 24.3 Å². The molecular formula is C14H21ClN2O. The predicted molar refractivity (Wildman–Crippen MR) is 76.4 cm³/mol. The molecule has 1 fully saturated rings.